The Morgan fingerprint density at radius 2 is 1.70 bits per heavy atom. The molecule has 1 heterocycles. The van der Waals surface area contributed by atoms with Crippen LogP contribution in [-0.4, -0.2) is 35.8 Å². The molecule has 0 aromatic heterocycles. The number of halogens is 1. The predicted octanol–water partition coefficient (Wildman–Crippen LogP) is 3.87. The molecule has 1 aliphatic rings. The van der Waals surface area contributed by atoms with Gasteiger partial charge < -0.3 is 10.6 Å². The van der Waals surface area contributed by atoms with Gasteiger partial charge in [0.1, 0.15) is 0 Å². The highest BCUT2D eigenvalue weighted by molar-refractivity contribution is 9.10. The maximum Gasteiger partial charge on any atom is 0.319 e. The van der Waals surface area contributed by atoms with E-state index in [-0.39, 0.29) is 24.4 Å². The van der Waals surface area contributed by atoms with Crippen LogP contribution in [-0.2, 0) is 0 Å². The van der Waals surface area contributed by atoms with Gasteiger partial charge in [0.25, 0.3) is 11.8 Å². The molecule has 140 valence electrons. The molecule has 0 radical (unpaired) electrons. The highest BCUT2D eigenvalue weighted by atomic mass is 79.9. The molecule has 0 unspecified atom stereocenters. The number of carbonyl (C=O) groups excluding carboxylic acids is 3. The number of para-hydroxylation sites is 1. The summed E-state index contributed by atoms with van der Waals surface area (Å²) in [6.07, 6.45) is 0.479. The van der Waals surface area contributed by atoms with Gasteiger partial charge in [-0.1, -0.05) is 34.1 Å². The van der Waals surface area contributed by atoms with E-state index in [1.54, 1.807) is 18.2 Å². The summed E-state index contributed by atoms with van der Waals surface area (Å²) in [5.74, 6) is -0.584. The minimum atomic E-state index is -0.307. The first-order valence-electron chi connectivity index (χ1n) is 8.65. The van der Waals surface area contributed by atoms with Gasteiger partial charge in [0.2, 0.25) is 0 Å². The summed E-state index contributed by atoms with van der Waals surface area (Å²) < 4.78 is 0.758. The van der Waals surface area contributed by atoms with Gasteiger partial charge >= 0.3 is 6.03 Å². The number of nitrogens with one attached hydrogen (secondary N) is 2. The predicted molar refractivity (Wildman–Crippen MR) is 107 cm³/mol. The zero-order chi connectivity index (χ0) is 19.6. The third kappa shape index (κ3) is 4.03. The second kappa shape index (κ2) is 7.92. The number of aryl methyl sites for hydroxylation is 2. The summed E-state index contributed by atoms with van der Waals surface area (Å²) >= 11 is 3.31. The first-order valence-corrected chi connectivity index (χ1v) is 9.44. The molecule has 0 atom stereocenters. The Morgan fingerprint density at radius 1 is 1.04 bits per heavy atom. The lowest BCUT2D eigenvalue weighted by Gasteiger charge is -2.15. The standard InChI is InChI=1S/C20H20BrN3O3/c1-12-5-3-6-13(2)17(12)23-20(27)22-9-4-10-24-18(25)15-8-7-14(21)11-16(15)19(24)26/h3,5-8,11H,4,9-10H2,1-2H3,(H2,22,23,27). The number of hydrogen-bond donors (Lipinski definition) is 2. The van der Waals surface area contributed by atoms with Gasteiger partial charge in [-0.15, -0.1) is 0 Å². The van der Waals surface area contributed by atoms with E-state index in [2.05, 4.69) is 26.6 Å². The molecule has 3 rings (SSSR count). The Morgan fingerprint density at radius 3 is 2.41 bits per heavy atom. The van der Waals surface area contributed by atoms with Crippen molar-refractivity contribution in [2.45, 2.75) is 20.3 Å². The number of benzene rings is 2. The lowest BCUT2D eigenvalue weighted by Crippen LogP contribution is -2.35. The van der Waals surface area contributed by atoms with Gasteiger partial charge in [0, 0.05) is 23.2 Å². The maximum absolute atomic E-state index is 12.4. The third-order valence-corrected chi connectivity index (χ3v) is 4.99. The maximum atomic E-state index is 12.4. The van der Waals surface area contributed by atoms with Crippen LogP contribution in [0.15, 0.2) is 40.9 Å². The second-order valence-electron chi connectivity index (χ2n) is 6.45. The Bertz CT molecular complexity index is 906. The molecule has 0 bridgehead atoms. The van der Waals surface area contributed by atoms with Crippen LogP contribution >= 0.6 is 15.9 Å². The minimum Gasteiger partial charge on any atom is -0.338 e. The molecular formula is C20H20BrN3O3. The molecule has 0 fully saturated rings. The molecule has 1 aliphatic heterocycles. The summed E-state index contributed by atoms with van der Waals surface area (Å²) in [4.78, 5) is 38.0. The van der Waals surface area contributed by atoms with E-state index >= 15 is 0 Å². The Hall–Kier alpha value is -2.67. The smallest absolute Gasteiger partial charge is 0.319 e. The fraction of sp³-hybridized carbons (Fsp3) is 0.250. The van der Waals surface area contributed by atoms with E-state index in [4.69, 9.17) is 0 Å². The van der Waals surface area contributed by atoms with Gasteiger partial charge in [-0.05, 0) is 49.6 Å². The first kappa shape index (κ1) is 19.1. The van der Waals surface area contributed by atoms with Crippen molar-refractivity contribution in [1.82, 2.24) is 10.2 Å². The van der Waals surface area contributed by atoms with Crippen LogP contribution in [0.25, 0.3) is 0 Å². The summed E-state index contributed by atoms with van der Waals surface area (Å²) in [5, 5.41) is 5.60. The molecule has 2 N–H and O–H groups in total. The van der Waals surface area contributed by atoms with Crippen LogP contribution in [0.4, 0.5) is 10.5 Å². The third-order valence-electron chi connectivity index (χ3n) is 4.50. The molecule has 27 heavy (non-hydrogen) atoms. The van der Waals surface area contributed by atoms with Crippen molar-refractivity contribution >= 4 is 39.5 Å². The molecule has 2 aromatic rings. The molecule has 0 saturated heterocycles. The van der Waals surface area contributed by atoms with Gasteiger partial charge in [0.05, 0.1) is 11.1 Å². The monoisotopic (exact) mass is 429 g/mol. The molecule has 6 nitrogen and oxygen atoms in total. The van der Waals surface area contributed by atoms with Crippen molar-refractivity contribution in [1.29, 1.82) is 0 Å². The molecule has 0 aliphatic carbocycles. The highest BCUT2D eigenvalue weighted by Crippen LogP contribution is 2.26. The molecule has 4 amide bonds. The van der Waals surface area contributed by atoms with Crippen LogP contribution < -0.4 is 10.6 Å². The number of anilines is 1. The highest BCUT2D eigenvalue weighted by Gasteiger charge is 2.34. The van der Waals surface area contributed by atoms with Crippen molar-refractivity contribution < 1.29 is 14.4 Å². The Balaban J connectivity index is 1.50. The largest absolute Gasteiger partial charge is 0.338 e. The van der Waals surface area contributed by atoms with Crippen LogP contribution in [0.3, 0.4) is 0 Å². The summed E-state index contributed by atoms with van der Waals surface area (Å²) in [6, 6.07) is 10.5. The Kier molecular flexibility index (Phi) is 5.60. The van der Waals surface area contributed by atoms with Crippen molar-refractivity contribution in [2.24, 2.45) is 0 Å². The van der Waals surface area contributed by atoms with E-state index in [1.165, 1.54) is 4.90 Å². The molecule has 0 saturated carbocycles. The normalized spacial score (nSPS) is 12.9. The molecule has 7 heteroatoms. The average molecular weight is 430 g/mol. The quantitative estimate of drug-likeness (QED) is 0.559. The number of rotatable bonds is 5. The van der Waals surface area contributed by atoms with Crippen LogP contribution in [0.5, 0.6) is 0 Å². The molecular weight excluding hydrogens is 410 g/mol. The van der Waals surface area contributed by atoms with E-state index in [0.717, 1.165) is 21.3 Å². The summed E-state index contributed by atoms with van der Waals surface area (Å²) in [7, 11) is 0. The van der Waals surface area contributed by atoms with Crippen molar-refractivity contribution in [3.05, 3.63) is 63.1 Å². The lowest BCUT2D eigenvalue weighted by atomic mass is 10.1. The van der Waals surface area contributed by atoms with E-state index in [0.29, 0.717) is 24.1 Å². The zero-order valence-corrected chi connectivity index (χ0v) is 16.7. The first-order chi connectivity index (χ1) is 12.9. The number of nitrogens with zero attached hydrogens (tertiary/aromatic N) is 1. The van der Waals surface area contributed by atoms with Gasteiger partial charge in [-0.2, -0.15) is 0 Å². The van der Waals surface area contributed by atoms with Crippen LogP contribution in [0.1, 0.15) is 38.3 Å². The van der Waals surface area contributed by atoms with Crippen molar-refractivity contribution in [3.8, 4) is 0 Å². The van der Waals surface area contributed by atoms with Crippen LogP contribution in [0, 0.1) is 13.8 Å². The fourth-order valence-electron chi connectivity index (χ4n) is 3.07. The van der Waals surface area contributed by atoms with Crippen LogP contribution in [0.2, 0.25) is 0 Å². The zero-order valence-electron chi connectivity index (χ0n) is 15.1. The van der Waals surface area contributed by atoms with Crippen molar-refractivity contribution in [3.63, 3.8) is 0 Å². The van der Waals surface area contributed by atoms with Crippen molar-refractivity contribution in [2.75, 3.05) is 18.4 Å². The van der Waals surface area contributed by atoms with Gasteiger partial charge in [0.15, 0.2) is 0 Å². The number of carbonyl (C=O) groups is 3. The topological polar surface area (TPSA) is 78.5 Å². The Labute approximate surface area is 166 Å². The number of amides is 4. The molecule has 0 spiro atoms. The number of fused-ring (bicyclic) bond motifs is 1. The number of urea groups is 1. The lowest BCUT2D eigenvalue weighted by molar-refractivity contribution is 0.0653. The SMILES string of the molecule is Cc1cccc(C)c1NC(=O)NCCCN1C(=O)c2ccc(Br)cc2C1=O. The van der Waals surface area contributed by atoms with E-state index in [1.807, 2.05) is 32.0 Å². The summed E-state index contributed by atoms with van der Waals surface area (Å²) in [6.45, 7) is 4.48. The van der Waals surface area contributed by atoms with E-state index in [9.17, 15) is 14.4 Å². The second-order valence-corrected chi connectivity index (χ2v) is 7.37. The van der Waals surface area contributed by atoms with Gasteiger partial charge in [-0.25, -0.2) is 4.79 Å². The average Bonchev–Trinajstić information content (AvgIpc) is 2.86. The number of hydrogen-bond acceptors (Lipinski definition) is 3. The number of imide groups is 1. The summed E-state index contributed by atoms with van der Waals surface area (Å²) in [5.41, 5.74) is 3.60. The van der Waals surface area contributed by atoms with E-state index < -0.39 is 0 Å². The minimum absolute atomic E-state index is 0.258. The fourth-order valence-corrected chi connectivity index (χ4v) is 3.44. The van der Waals surface area contributed by atoms with Gasteiger partial charge in [-0.3, -0.25) is 14.5 Å². The molecule has 2 aromatic carbocycles.